The first-order valence-electron chi connectivity index (χ1n) is 5.86. The number of hydrogen-bond donors (Lipinski definition) is 0. The average molecular weight is 210 g/mol. The van der Waals surface area contributed by atoms with Gasteiger partial charge in [-0.15, -0.1) is 0 Å². The molecule has 4 unspecified atom stereocenters. The first-order valence-corrected chi connectivity index (χ1v) is 5.86. The van der Waals surface area contributed by atoms with Gasteiger partial charge in [0, 0.05) is 20.1 Å². The van der Waals surface area contributed by atoms with Gasteiger partial charge in [-0.2, -0.15) is 0 Å². The van der Waals surface area contributed by atoms with E-state index >= 15 is 0 Å². The van der Waals surface area contributed by atoms with E-state index in [2.05, 4.69) is 4.90 Å². The van der Waals surface area contributed by atoms with Crippen LogP contribution in [0.25, 0.3) is 0 Å². The van der Waals surface area contributed by atoms with E-state index in [4.69, 9.17) is 4.74 Å². The van der Waals surface area contributed by atoms with Gasteiger partial charge in [-0.1, -0.05) is 0 Å². The van der Waals surface area contributed by atoms with Gasteiger partial charge in [0.25, 0.3) is 0 Å². The smallest absolute Gasteiger partial charge is 0.409 e. The fraction of sp³-hybridized carbons (Fsp3) is 0.909. The lowest BCUT2D eigenvalue weighted by atomic mass is 9.87. The summed E-state index contributed by atoms with van der Waals surface area (Å²) < 4.78 is 5.04. The van der Waals surface area contributed by atoms with Crippen LogP contribution in [-0.4, -0.2) is 55.2 Å². The molecule has 3 aliphatic heterocycles. The quantitative estimate of drug-likeness (QED) is 0.675. The molecule has 3 rings (SSSR count). The van der Waals surface area contributed by atoms with Gasteiger partial charge in [0.15, 0.2) is 0 Å². The number of fused-ring (bicyclic) bond motifs is 2. The fourth-order valence-electron chi connectivity index (χ4n) is 3.27. The van der Waals surface area contributed by atoms with E-state index in [9.17, 15) is 4.79 Å². The summed E-state index contributed by atoms with van der Waals surface area (Å²) in [6, 6.07) is 0.322. The van der Waals surface area contributed by atoms with Crippen LogP contribution in [-0.2, 0) is 4.74 Å². The Labute approximate surface area is 90.2 Å². The summed E-state index contributed by atoms with van der Waals surface area (Å²) in [6.45, 7) is 4.41. The third-order valence-corrected chi connectivity index (χ3v) is 4.28. The van der Waals surface area contributed by atoms with Crippen LogP contribution in [0.4, 0.5) is 4.79 Å². The van der Waals surface area contributed by atoms with Crippen molar-refractivity contribution in [3.63, 3.8) is 0 Å². The molecule has 2 bridgehead atoms. The monoisotopic (exact) mass is 210 g/mol. The first-order chi connectivity index (χ1) is 7.24. The predicted octanol–water partition coefficient (Wildman–Crippen LogP) is 0.779. The first kappa shape index (κ1) is 9.46. The average Bonchev–Trinajstić information content (AvgIpc) is 2.89. The van der Waals surface area contributed by atoms with Crippen LogP contribution in [0.1, 0.15) is 12.8 Å². The second kappa shape index (κ2) is 3.37. The van der Waals surface area contributed by atoms with Gasteiger partial charge in [0.05, 0.1) is 6.04 Å². The Morgan fingerprint density at radius 1 is 1.47 bits per heavy atom. The van der Waals surface area contributed by atoms with Crippen molar-refractivity contribution >= 4 is 6.09 Å². The van der Waals surface area contributed by atoms with Crippen molar-refractivity contribution in [2.75, 3.05) is 33.3 Å². The Hall–Kier alpha value is -0.770. The summed E-state index contributed by atoms with van der Waals surface area (Å²) in [4.78, 5) is 15.5. The van der Waals surface area contributed by atoms with E-state index in [1.807, 2.05) is 7.05 Å². The topological polar surface area (TPSA) is 32.8 Å². The maximum atomic E-state index is 11.2. The van der Waals surface area contributed by atoms with Crippen LogP contribution < -0.4 is 0 Å². The highest BCUT2D eigenvalue weighted by Crippen LogP contribution is 2.36. The molecule has 1 amide bonds. The van der Waals surface area contributed by atoms with Gasteiger partial charge in [-0.05, 0) is 31.2 Å². The molecule has 0 aliphatic carbocycles. The van der Waals surface area contributed by atoms with Gasteiger partial charge in [-0.3, -0.25) is 0 Å². The lowest BCUT2D eigenvalue weighted by Crippen LogP contribution is -2.34. The Kier molecular flexibility index (Phi) is 2.12. The van der Waals surface area contributed by atoms with Crippen LogP contribution >= 0.6 is 0 Å². The minimum atomic E-state index is -0.150. The van der Waals surface area contributed by atoms with Gasteiger partial charge in [0.2, 0.25) is 0 Å². The Bertz CT molecular complexity index is 282. The third-order valence-electron chi connectivity index (χ3n) is 4.28. The zero-order chi connectivity index (χ0) is 10.4. The second-order valence-electron chi connectivity index (χ2n) is 5.15. The highest BCUT2D eigenvalue weighted by Gasteiger charge is 2.41. The lowest BCUT2D eigenvalue weighted by Gasteiger charge is -2.26. The van der Waals surface area contributed by atoms with E-state index in [0.29, 0.717) is 12.6 Å². The normalized spacial score (nSPS) is 43.8. The molecule has 0 aromatic heterocycles. The summed E-state index contributed by atoms with van der Waals surface area (Å²) in [6.07, 6.45) is 2.34. The molecule has 0 aromatic carbocycles. The van der Waals surface area contributed by atoms with Crippen molar-refractivity contribution in [1.29, 1.82) is 0 Å². The van der Waals surface area contributed by atoms with Crippen molar-refractivity contribution in [1.82, 2.24) is 9.80 Å². The molecule has 15 heavy (non-hydrogen) atoms. The standard InChI is InChI=1S/C11H18N2O2/c1-12-10(7-15-11(12)14)4-9-6-13-3-2-8(9)5-13/h8-10H,2-7H2,1H3. The van der Waals surface area contributed by atoms with E-state index in [0.717, 1.165) is 18.3 Å². The molecular weight excluding hydrogens is 192 g/mol. The molecule has 4 heteroatoms. The van der Waals surface area contributed by atoms with E-state index < -0.39 is 0 Å². The molecule has 3 aliphatic rings. The van der Waals surface area contributed by atoms with E-state index in [1.165, 1.54) is 26.1 Å². The number of hydrogen-bond acceptors (Lipinski definition) is 3. The van der Waals surface area contributed by atoms with Gasteiger partial charge < -0.3 is 14.5 Å². The van der Waals surface area contributed by atoms with Gasteiger partial charge >= 0.3 is 6.09 Å². The minimum Gasteiger partial charge on any atom is -0.447 e. The molecular formula is C11H18N2O2. The number of carbonyl (C=O) groups excluding carboxylic acids is 1. The molecule has 0 aromatic rings. The molecule has 3 heterocycles. The second-order valence-corrected chi connectivity index (χ2v) is 5.15. The van der Waals surface area contributed by atoms with Crippen LogP contribution in [0.15, 0.2) is 0 Å². The molecule has 0 saturated carbocycles. The predicted molar refractivity (Wildman–Crippen MR) is 55.6 cm³/mol. The van der Waals surface area contributed by atoms with Crippen molar-refractivity contribution in [3.8, 4) is 0 Å². The lowest BCUT2D eigenvalue weighted by molar-refractivity contribution is 0.163. The van der Waals surface area contributed by atoms with Gasteiger partial charge in [-0.25, -0.2) is 4.79 Å². The molecule has 3 fully saturated rings. The highest BCUT2D eigenvalue weighted by atomic mass is 16.6. The molecule has 0 radical (unpaired) electrons. The Balaban J connectivity index is 1.60. The zero-order valence-corrected chi connectivity index (χ0v) is 9.19. The summed E-state index contributed by atoms with van der Waals surface area (Å²) in [5.41, 5.74) is 0. The number of nitrogens with zero attached hydrogens (tertiary/aromatic N) is 2. The molecule has 0 spiro atoms. The Morgan fingerprint density at radius 3 is 2.87 bits per heavy atom. The van der Waals surface area contributed by atoms with Crippen molar-refractivity contribution in [2.24, 2.45) is 11.8 Å². The zero-order valence-electron chi connectivity index (χ0n) is 9.19. The summed E-state index contributed by atoms with van der Waals surface area (Å²) in [5, 5.41) is 0. The molecule has 0 N–H and O–H groups in total. The molecule has 3 saturated heterocycles. The van der Waals surface area contributed by atoms with Crippen molar-refractivity contribution in [3.05, 3.63) is 0 Å². The number of piperidine rings is 1. The molecule has 4 atom stereocenters. The minimum absolute atomic E-state index is 0.150. The number of ether oxygens (including phenoxy) is 1. The van der Waals surface area contributed by atoms with Crippen molar-refractivity contribution < 1.29 is 9.53 Å². The van der Waals surface area contributed by atoms with Crippen molar-refractivity contribution in [2.45, 2.75) is 18.9 Å². The largest absolute Gasteiger partial charge is 0.447 e. The maximum Gasteiger partial charge on any atom is 0.409 e. The van der Waals surface area contributed by atoms with Crippen LogP contribution in [0, 0.1) is 11.8 Å². The molecule has 4 nitrogen and oxygen atoms in total. The maximum absolute atomic E-state index is 11.2. The van der Waals surface area contributed by atoms with E-state index in [1.54, 1.807) is 4.90 Å². The number of rotatable bonds is 2. The van der Waals surface area contributed by atoms with Gasteiger partial charge in [0.1, 0.15) is 6.61 Å². The highest BCUT2D eigenvalue weighted by molar-refractivity contribution is 5.69. The number of cyclic esters (lactones) is 1. The number of amides is 1. The summed E-state index contributed by atoms with van der Waals surface area (Å²) >= 11 is 0. The summed E-state index contributed by atoms with van der Waals surface area (Å²) in [5.74, 6) is 1.68. The summed E-state index contributed by atoms with van der Waals surface area (Å²) in [7, 11) is 1.85. The van der Waals surface area contributed by atoms with E-state index in [-0.39, 0.29) is 6.09 Å². The SMILES string of the molecule is CN1C(=O)OCC1CC1CN2CCC1C2. The number of carbonyl (C=O) groups is 1. The molecule has 84 valence electrons. The third kappa shape index (κ3) is 1.51. The van der Waals surface area contributed by atoms with Crippen LogP contribution in [0.3, 0.4) is 0 Å². The van der Waals surface area contributed by atoms with Crippen LogP contribution in [0.5, 0.6) is 0 Å². The Morgan fingerprint density at radius 2 is 2.33 bits per heavy atom. The fourth-order valence-corrected chi connectivity index (χ4v) is 3.27. The number of likely N-dealkylation sites (N-methyl/N-ethyl adjacent to an activating group) is 1. The van der Waals surface area contributed by atoms with Crippen LogP contribution in [0.2, 0.25) is 0 Å².